The molecule has 0 radical (unpaired) electrons. The summed E-state index contributed by atoms with van der Waals surface area (Å²) >= 11 is 0. The van der Waals surface area contributed by atoms with E-state index in [1.165, 1.54) is 12.5 Å². The Morgan fingerprint density at radius 3 is 2.79 bits per heavy atom. The van der Waals surface area contributed by atoms with Gasteiger partial charge in [0.2, 0.25) is 0 Å². The monoisotopic (exact) mass is 192 g/mol. The number of aromatic nitrogens is 2. The van der Waals surface area contributed by atoms with Crippen LogP contribution in [0, 0.1) is 0 Å². The fourth-order valence-electron chi connectivity index (χ4n) is 1.35. The highest BCUT2D eigenvalue weighted by atomic mass is 16.2. The number of nitrogens with two attached hydrogens (primary N) is 1. The van der Waals surface area contributed by atoms with Crippen LogP contribution in [0.25, 0.3) is 0 Å². The lowest BCUT2D eigenvalue weighted by molar-refractivity contribution is 0.0657. The second-order valence-electron chi connectivity index (χ2n) is 2.84. The van der Waals surface area contributed by atoms with Crippen LogP contribution in [0.15, 0.2) is 12.5 Å². The number of rotatable bonds is 2. The van der Waals surface area contributed by atoms with Crippen molar-refractivity contribution in [1.82, 2.24) is 14.9 Å². The first-order valence-electron chi connectivity index (χ1n) is 4.12. The van der Waals surface area contributed by atoms with Gasteiger partial charge in [0, 0.05) is 19.3 Å². The second-order valence-corrected chi connectivity index (χ2v) is 2.84. The van der Waals surface area contributed by atoms with Gasteiger partial charge in [-0.15, -0.1) is 0 Å². The van der Waals surface area contributed by atoms with Gasteiger partial charge in [0.25, 0.3) is 11.8 Å². The van der Waals surface area contributed by atoms with Crippen molar-refractivity contribution in [2.45, 2.75) is 0 Å². The SMILES string of the molecule is NCCN1C(=O)c2cncnc2C1=O. The molecule has 6 heteroatoms. The topological polar surface area (TPSA) is 89.2 Å². The van der Waals surface area contributed by atoms with E-state index < -0.39 is 5.91 Å². The summed E-state index contributed by atoms with van der Waals surface area (Å²) in [6.07, 6.45) is 2.59. The molecular formula is C8H8N4O2. The Labute approximate surface area is 79.7 Å². The Morgan fingerprint density at radius 2 is 2.14 bits per heavy atom. The molecule has 6 nitrogen and oxygen atoms in total. The molecule has 0 atom stereocenters. The molecule has 1 aromatic heterocycles. The van der Waals surface area contributed by atoms with Crippen LogP contribution in [0.4, 0.5) is 0 Å². The van der Waals surface area contributed by atoms with Gasteiger partial charge < -0.3 is 5.73 Å². The first-order valence-corrected chi connectivity index (χ1v) is 4.12. The van der Waals surface area contributed by atoms with E-state index >= 15 is 0 Å². The standard InChI is InChI=1S/C8H8N4O2/c9-1-2-12-7(13)5-3-10-4-11-6(5)8(12)14/h3-4H,1-2,9H2. The van der Waals surface area contributed by atoms with E-state index in [1.807, 2.05) is 0 Å². The number of carbonyl (C=O) groups excluding carboxylic acids is 2. The third kappa shape index (κ3) is 1.08. The van der Waals surface area contributed by atoms with Crippen LogP contribution in [0.2, 0.25) is 0 Å². The zero-order chi connectivity index (χ0) is 10.1. The third-order valence-corrected chi connectivity index (χ3v) is 1.99. The van der Waals surface area contributed by atoms with Crippen molar-refractivity contribution in [1.29, 1.82) is 0 Å². The molecule has 0 spiro atoms. The minimum atomic E-state index is -0.391. The lowest BCUT2D eigenvalue weighted by atomic mass is 10.3. The minimum Gasteiger partial charge on any atom is -0.329 e. The number of amides is 2. The summed E-state index contributed by atoms with van der Waals surface area (Å²) < 4.78 is 0. The number of hydrogen-bond donors (Lipinski definition) is 1. The van der Waals surface area contributed by atoms with Crippen molar-refractivity contribution in [3.05, 3.63) is 23.8 Å². The van der Waals surface area contributed by atoms with Gasteiger partial charge in [-0.25, -0.2) is 9.97 Å². The molecule has 72 valence electrons. The quantitative estimate of drug-likeness (QED) is 0.609. The first kappa shape index (κ1) is 8.76. The molecule has 14 heavy (non-hydrogen) atoms. The molecule has 1 aliphatic rings. The third-order valence-electron chi connectivity index (χ3n) is 1.99. The molecule has 2 rings (SSSR count). The maximum Gasteiger partial charge on any atom is 0.280 e. The first-order chi connectivity index (χ1) is 6.75. The number of nitrogens with zero attached hydrogens (tertiary/aromatic N) is 3. The fourth-order valence-corrected chi connectivity index (χ4v) is 1.35. The molecule has 2 amide bonds. The normalized spacial score (nSPS) is 14.8. The average Bonchev–Trinajstić information content (AvgIpc) is 2.45. The Kier molecular flexibility index (Phi) is 1.97. The van der Waals surface area contributed by atoms with E-state index in [-0.39, 0.29) is 30.3 Å². The average molecular weight is 192 g/mol. The molecule has 2 N–H and O–H groups in total. The van der Waals surface area contributed by atoms with Crippen molar-refractivity contribution in [3.8, 4) is 0 Å². The van der Waals surface area contributed by atoms with Crippen LogP contribution in [-0.2, 0) is 0 Å². The molecule has 0 saturated carbocycles. The molecule has 2 heterocycles. The van der Waals surface area contributed by atoms with Gasteiger partial charge in [-0.2, -0.15) is 0 Å². The molecule has 0 saturated heterocycles. The lowest BCUT2D eigenvalue weighted by Gasteiger charge is -2.10. The molecule has 0 aliphatic carbocycles. The number of fused-ring (bicyclic) bond motifs is 1. The van der Waals surface area contributed by atoms with Crippen LogP contribution in [0.1, 0.15) is 20.8 Å². The van der Waals surface area contributed by atoms with Crippen LogP contribution >= 0.6 is 0 Å². The smallest absolute Gasteiger partial charge is 0.280 e. The highest BCUT2D eigenvalue weighted by Crippen LogP contribution is 2.18. The zero-order valence-corrected chi connectivity index (χ0v) is 7.30. The van der Waals surface area contributed by atoms with Crippen LogP contribution < -0.4 is 5.73 Å². The molecule has 0 fully saturated rings. The van der Waals surface area contributed by atoms with Gasteiger partial charge in [0.05, 0.1) is 5.56 Å². The summed E-state index contributed by atoms with van der Waals surface area (Å²) in [4.78, 5) is 31.7. The Morgan fingerprint density at radius 1 is 1.36 bits per heavy atom. The molecule has 0 unspecified atom stereocenters. The van der Waals surface area contributed by atoms with Crippen molar-refractivity contribution >= 4 is 11.8 Å². The van der Waals surface area contributed by atoms with E-state index in [1.54, 1.807) is 0 Å². The van der Waals surface area contributed by atoms with E-state index in [9.17, 15) is 9.59 Å². The van der Waals surface area contributed by atoms with E-state index in [0.29, 0.717) is 0 Å². The zero-order valence-electron chi connectivity index (χ0n) is 7.30. The maximum atomic E-state index is 11.6. The van der Waals surface area contributed by atoms with Gasteiger partial charge in [-0.05, 0) is 0 Å². The molecule has 1 aromatic rings. The summed E-state index contributed by atoms with van der Waals surface area (Å²) in [5.74, 6) is -0.756. The molecule has 0 aromatic carbocycles. The van der Waals surface area contributed by atoms with Gasteiger partial charge >= 0.3 is 0 Å². The van der Waals surface area contributed by atoms with Gasteiger partial charge in [0.15, 0.2) is 0 Å². The van der Waals surface area contributed by atoms with E-state index in [2.05, 4.69) is 9.97 Å². The summed E-state index contributed by atoms with van der Waals surface area (Å²) in [5.41, 5.74) is 5.71. The lowest BCUT2D eigenvalue weighted by Crippen LogP contribution is -2.34. The van der Waals surface area contributed by atoms with Crippen molar-refractivity contribution < 1.29 is 9.59 Å². The number of hydrogen-bond acceptors (Lipinski definition) is 5. The molecular weight excluding hydrogens is 184 g/mol. The summed E-state index contributed by atoms with van der Waals surface area (Å²) in [6, 6.07) is 0. The highest BCUT2D eigenvalue weighted by molar-refractivity contribution is 6.20. The van der Waals surface area contributed by atoms with E-state index in [4.69, 9.17) is 5.73 Å². The fraction of sp³-hybridized carbons (Fsp3) is 0.250. The summed E-state index contributed by atoms with van der Waals surface area (Å²) in [7, 11) is 0. The predicted molar refractivity (Wildman–Crippen MR) is 46.5 cm³/mol. The Bertz CT molecular complexity index is 369. The second kappa shape index (κ2) is 3.15. The highest BCUT2D eigenvalue weighted by Gasteiger charge is 2.36. The maximum absolute atomic E-state index is 11.6. The summed E-state index contributed by atoms with van der Waals surface area (Å²) in [5, 5.41) is 0. The van der Waals surface area contributed by atoms with Crippen molar-refractivity contribution in [2.24, 2.45) is 5.73 Å². The van der Waals surface area contributed by atoms with E-state index in [0.717, 1.165) is 4.90 Å². The number of imide groups is 1. The van der Waals surface area contributed by atoms with Gasteiger partial charge in [-0.3, -0.25) is 14.5 Å². The van der Waals surface area contributed by atoms with Crippen LogP contribution in [0.5, 0.6) is 0 Å². The van der Waals surface area contributed by atoms with Crippen molar-refractivity contribution in [2.75, 3.05) is 13.1 Å². The molecule has 0 bridgehead atoms. The largest absolute Gasteiger partial charge is 0.329 e. The van der Waals surface area contributed by atoms with Gasteiger partial charge in [0.1, 0.15) is 12.0 Å². The van der Waals surface area contributed by atoms with Crippen LogP contribution in [0.3, 0.4) is 0 Å². The number of carbonyl (C=O) groups is 2. The van der Waals surface area contributed by atoms with Crippen molar-refractivity contribution in [3.63, 3.8) is 0 Å². The minimum absolute atomic E-state index is 0.165. The summed E-state index contributed by atoms with van der Waals surface area (Å²) in [6.45, 7) is 0.465. The van der Waals surface area contributed by atoms with Crippen LogP contribution in [-0.4, -0.2) is 39.8 Å². The Balaban J connectivity index is 2.43. The predicted octanol–water partition coefficient (Wildman–Crippen LogP) is -0.969. The Hall–Kier alpha value is -1.82. The molecule has 1 aliphatic heterocycles. The van der Waals surface area contributed by atoms with Gasteiger partial charge in [-0.1, -0.05) is 0 Å².